The highest BCUT2D eigenvalue weighted by Crippen LogP contribution is 2.10. The largest absolute Gasteiger partial charge is 0.353 e. The zero-order chi connectivity index (χ0) is 11.4. The van der Waals surface area contributed by atoms with Crippen LogP contribution in [0.4, 0.5) is 0 Å². The summed E-state index contributed by atoms with van der Waals surface area (Å²) in [5, 5.41) is 2.72. The van der Waals surface area contributed by atoms with Crippen molar-refractivity contribution in [3.63, 3.8) is 0 Å². The van der Waals surface area contributed by atoms with Crippen molar-refractivity contribution in [1.29, 1.82) is 0 Å². The highest BCUT2D eigenvalue weighted by molar-refractivity contribution is 5.85. The summed E-state index contributed by atoms with van der Waals surface area (Å²) in [6.45, 7) is 1.30. The molecule has 0 fully saturated rings. The molecule has 18 heavy (non-hydrogen) atoms. The van der Waals surface area contributed by atoms with E-state index in [2.05, 4.69) is 10.3 Å². The Labute approximate surface area is 118 Å². The Morgan fingerprint density at radius 2 is 2.06 bits per heavy atom. The lowest BCUT2D eigenvalue weighted by Crippen LogP contribution is -2.32. The number of para-hydroxylation sites is 2. The van der Waals surface area contributed by atoms with Crippen LogP contribution in [0.2, 0.25) is 0 Å². The van der Waals surface area contributed by atoms with Gasteiger partial charge in [0.05, 0.1) is 23.9 Å². The minimum Gasteiger partial charge on any atom is -0.353 e. The molecule has 2 aromatic rings. The van der Waals surface area contributed by atoms with Crippen LogP contribution in [0.5, 0.6) is 0 Å². The van der Waals surface area contributed by atoms with Gasteiger partial charge in [-0.15, -0.1) is 24.8 Å². The minimum absolute atomic E-state index is 0. The summed E-state index contributed by atoms with van der Waals surface area (Å²) in [6.07, 6.45) is 1.78. The predicted octanol–water partition coefficient (Wildman–Crippen LogP) is 0.955. The van der Waals surface area contributed by atoms with Gasteiger partial charge in [-0.3, -0.25) is 4.79 Å². The third-order valence-electron chi connectivity index (χ3n) is 2.39. The van der Waals surface area contributed by atoms with E-state index in [0.29, 0.717) is 13.1 Å². The number of nitrogens with one attached hydrogen (secondary N) is 1. The summed E-state index contributed by atoms with van der Waals surface area (Å²) in [4.78, 5) is 15.2. The van der Waals surface area contributed by atoms with Crippen molar-refractivity contribution in [3.05, 3.63) is 30.6 Å². The number of hydrogen-bond acceptors (Lipinski definition) is 3. The van der Waals surface area contributed by atoms with Crippen LogP contribution in [0.3, 0.4) is 0 Å². The number of aromatic nitrogens is 2. The van der Waals surface area contributed by atoms with Gasteiger partial charge in [0, 0.05) is 13.1 Å². The average molecular weight is 291 g/mol. The molecular formula is C11H16Cl2N4O. The number of amides is 1. The molecule has 0 aliphatic rings. The fraction of sp³-hybridized carbons (Fsp3) is 0.273. The Morgan fingerprint density at radius 3 is 2.78 bits per heavy atom. The van der Waals surface area contributed by atoms with E-state index in [-0.39, 0.29) is 37.3 Å². The van der Waals surface area contributed by atoms with E-state index < -0.39 is 0 Å². The fourth-order valence-electron chi connectivity index (χ4n) is 1.58. The number of imidazole rings is 1. The first-order valence-electron chi connectivity index (χ1n) is 5.18. The molecule has 0 bridgehead atoms. The zero-order valence-electron chi connectivity index (χ0n) is 9.70. The minimum atomic E-state index is -0.135. The molecule has 0 saturated heterocycles. The molecule has 1 heterocycles. The van der Waals surface area contributed by atoms with Crippen molar-refractivity contribution in [2.45, 2.75) is 6.54 Å². The van der Waals surface area contributed by atoms with Crippen LogP contribution in [-0.2, 0) is 11.3 Å². The van der Waals surface area contributed by atoms with Crippen LogP contribution in [0, 0.1) is 0 Å². The lowest BCUT2D eigenvalue weighted by atomic mass is 10.3. The third kappa shape index (κ3) is 3.87. The van der Waals surface area contributed by atoms with Crippen LogP contribution < -0.4 is 11.1 Å². The Bertz CT molecular complexity index is 501. The highest BCUT2D eigenvalue weighted by atomic mass is 35.5. The highest BCUT2D eigenvalue weighted by Gasteiger charge is 2.01. The second-order valence-electron chi connectivity index (χ2n) is 3.48. The van der Waals surface area contributed by atoms with Gasteiger partial charge in [-0.2, -0.15) is 0 Å². The second-order valence-corrected chi connectivity index (χ2v) is 3.48. The predicted molar refractivity (Wildman–Crippen MR) is 76.3 cm³/mol. The Morgan fingerprint density at radius 1 is 1.33 bits per heavy atom. The van der Waals surface area contributed by atoms with Gasteiger partial charge in [-0.1, -0.05) is 12.1 Å². The second kappa shape index (κ2) is 7.92. The van der Waals surface area contributed by atoms with E-state index >= 15 is 0 Å². The van der Waals surface area contributed by atoms with Crippen LogP contribution in [-0.4, -0.2) is 28.5 Å². The first kappa shape index (κ1) is 16.7. The van der Waals surface area contributed by atoms with Gasteiger partial charge in [-0.05, 0) is 12.1 Å². The summed E-state index contributed by atoms with van der Waals surface area (Å²) in [5.74, 6) is -0.135. The van der Waals surface area contributed by atoms with Gasteiger partial charge in [-0.25, -0.2) is 4.98 Å². The molecule has 1 aromatic carbocycles. The molecule has 100 valence electrons. The van der Waals surface area contributed by atoms with Crippen molar-refractivity contribution in [2.24, 2.45) is 5.73 Å². The molecule has 0 spiro atoms. The topological polar surface area (TPSA) is 72.9 Å². The van der Waals surface area contributed by atoms with E-state index in [1.54, 1.807) is 6.33 Å². The van der Waals surface area contributed by atoms with Gasteiger partial charge >= 0.3 is 0 Å². The molecule has 0 aliphatic carbocycles. The van der Waals surface area contributed by atoms with E-state index in [1.807, 2.05) is 28.8 Å². The van der Waals surface area contributed by atoms with Gasteiger partial charge < -0.3 is 15.6 Å². The maximum Gasteiger partial charge on any atom is 0.233 e. The molecule has 1 aromatic heterocycles. The molecule has 0 unspecified atom stereocenters. The van der Waals surface area contributed by atoms with E-state index in [0.717, 1.165) is 11.0 Å². The number of nitrogens with two attached hydrogens (primary N) is 1. The zero-order valence-corrected chi connectivity index (χ0v) is 11.3. The van der Waals surface area contributed by atoms with Crippen molar-refractivity contribution >= 4 is 41.8 Å². The molecule has 0 saturated carbocycles. The lowest BCUT2D eigenvalue weighted by Gasteiger charge is -2.05. The first-order chi connectivity index (χ1) is 7.81. The van der Waals surface area contributed by atoms with E-state index in [1.165, 1.54) is 0 Å². The molecule has 2 rings (SSSR count). The smallest absolute Gasteiger partial charge is 0.233 e. The molecule has 3 N–H and O–H groups in total. The van der Waals surface area contributed by atoms with Crippen LogP contribution >= 0.6 is 24.8 Å². The van der Waals surface area contributed by atoms with Crippen LogP contribution in [0.15, 0.2) is 30.6 Å². The van der Waals surface area contributed by atoms with Gasteiger partial charge in [0.25, 0.3) is 0 Å². The first-order valence-corrected chi connectivity index (χ1v) is 5.18. The van der Waals surface area contributed by atoms with Crippen molar-refractivity contribution in [3.8, 4) is 0 Å². The van der Waals surface area contributed by atoms with Crippen molar-refractivity contribution in [1.82, 2.24) is 14.9 Å². The monoisotopic (exact) mass is 290 g/mol. The maximum absolute atomic E-state index is 10.9. The molecule has 0 radical (unpaired) electrons. The number of carbonyl (C=O) groups is 1. The normalized spacial score (nSPS) is 9.39. The number of rotatable bonds is 4. The Kier molecular flexibility index (Phi) is 7.35. The van der Waals surface area contributed by atoms with Crippen LogP contribution in [0.25, 0.3) is 11.0 Å². The Balaban J connectivity index is 0.00000144. The molecular weight excluding hydrogens is 275 g/mol. The average Bonchev–Trinajstić information content (AvgIpc) is 2.73. The molecule has 0 atom stereocenters. The summed E-state index contributed by atoms with van der Waals surface area (Å²) in [6, 6.07) is 7.90. The summed E-state index contributed by atoms with van der Waals surface area (Å²) < 4.78 is 2.01. The molecule has 1 amide bonds. The standard InChI is InChI=1S/C11H14N4O.2ClH/c12-7-11(16)13-5-6-15-8-14-9-3-1-2-4-10(9)15;;/h1-4,8H,5-7,12H2,(H,13,16);2*1H. The summed E-state index contributed by atoms with van der Waals surface area (Å²) in [7, 11) is 0. The van der Waals surface area contributed by atoms with Gasteiger partial charge in [0.1, 0.15) is 0 Å². The van der Waals surface area contributed by atoms with Crippen molar-refractivity contribution in [2.75, 3.05) is 13.1 Å². The number of nitrogens with zero attached hydrogens (tertiary/aromatic N) is 2. The number of carbonyl (C=O) groups excluding carboxylic acids is 1. The Hall–Kier alpha value is -1.30. The molecule has 0 aliphatic heterocycles. The number of hydrogen-bond donors (Lipinski definition) is 2. The van der Waals surface area contributed by atoms with E-state index in [9.17, 15) is 4.79 Å². The molecule has 5 nitrogen and oxygen atoms in total. The van der Waals surface area contributed by atoms with Crippen molar-refractivity contribution < 1.29 is 4.79 Å². The third-order valence-corrected chi connectivity index (χ3v) is 2.39. The number of benzene rings is 1. The summed E-state index contributed by atoms with van der Waals surface area (Å²) in [5.41, 5.74) is 7.23. The lowest BCUT2D eigenvalue weighted by molar-refractivity contribution is -0.119. The van der Waals surface area contributed by atoms with Gasteiger partial charge in [0.2, 0.25) is 5.91 Å². The van der Waals surface area contributed by atoms with Crippen LogP contribution in [0.1, 0.15) is 0 Å². The molecule has 7 heteroatoms. The number of fused-ring (bicyclic) bond motifs is 1. The number of halogens is 2. The quantitative estimate of drug-likeness (QED) is 0.881. The summed E-state index contributed by atoms with van der Waals surface area (Å²) >= 11 is 0. The van der Waals surface area contributed by atoms with E-state index in [4.69, 9.17) is 5.73 Å². The SMILES string of the molecule is Cl.Cl.NCC(=O)NCCn1cnc2ccccc21. The van der Waals surface area contributed by atoms with Gasteiger partial charge in [0.15, 0.2) is 0 Å². The maximum atomic E-state index is 10.9. The fourth-order valence-corrected chi connectivity index (χ4v) is 1.58.